The fourth-order valence-electron chi connectivity index (χ4n) is 2.11. The molecule has 1 atom stereocenters. The van der Waals surface area contributed by atoms with Crippen molar-refractivity contribution in [3.05, 3.63) is 54.1 Å². The molecular weight excluding hydrogens is 200 g/mol. The van der Waals surface area contributed by atoms with Gasteiger partial charge in [-0.3, -0.25) is 0 Å². The van der Waals surface area contributed by atoms with Gasteiger partial charge in [0, 0.05) is 5.56 Å². The van der Waals surface area contributed by atoms with Crippen LogP contribution in [0.5, 0.6) is 5.75 Å². The molecule has 1 N–H and O–H groups in total. The van der Waals surface area contributed by atoms with Crippen LogP contribution in [0.25, 0.3) is 11.1 Å². The molecule has 0 spiro atoms. The molecule has 1 heterocycles. The number of benzene rings is 2. The van der Waals surface area contributed by atoms with Gasteiger partial charge in [0.1, 0.15) is 18.5 Å². The number of hydrogen-bond acceptors (Lipinski definition) is 2. The van der Waals surface area contributed by atoms with Crippen LogP contribution < -0.4 is 4.74 Å². The standard InChI is InChI=1S/C14H12O2/c15-13-9-16-14-8-4-3-7-12(14)10-5-1-2-6-11(10)13/h1-8,13,15H,9H2. The highest BCUT2D eigenvalue weighted by Gasteiger charge is 2.20. The molecular formula is C14H12O2. The van der Waals surface area contributed by atoms with Crippen molar-refractivity contribution in [1.82, 2.24) is 0 Å². The van der Waals surface area contributed by atoms with Crippen LogP contribution in [0.15, 0.2) is 48.5 Å². The molecule has 2 aromatic rings. The number of para-hydroxylation sites is 1. The summed E-state index contributed by atoms with van der Waals surface area (Å²) in [7, 11) is 0. The van der Waals surface area contributed by atoms with Crippen molar-refractivity contribution in [2.45, 2.75) is 6.10 Å². The van der Waals surface area contributed by atoms with Crippen LogP contribution in [-0.4, -0.2) is 11.7 Å². The van der Waals surface area contributed by atoms with Crippen molar-refractivity contribution in [3.63, 3.8) is 0 Å². The lowest BCUT2D eigenvalue weighted by Crippen LogP contribution is -2.07. The summed E-state index contributed by atoms with van der Waals surface area (Å²) in [4.78, 5) is 0. The van der Waals surface area contributed by atoms with E-state index in [2.05, 4.69) is 0 Å². The first kappa shape index (κ1) is 9.43. The maximum absolute atomic E-state index is 9.99. The van der Waals surface area contributed by atoms with Crippen molar-refractivity contribution in [2.75, 3.05) is 6.61 Å². The Hall–Kier alpha value is -1.80. The van der Waals surface area contributed by atoms with Crippen LogP contribution in [0.4, 0.5) is 0 Å². The smallest absolute Gasteiger partial charge is 0.127 e. The Bertz CT molecular complexity index is 520. The number of ether oxygens (including phenoxy) is 1. The van der Waals surface area contributed by atoms with Crippen LogP contribution in [0.2, 0.25) is 0 Å². The number of aliphatic hydroxyl groups is 1. The third-order valence-corrected chi connectivity index (χ3v) is 2.89. The van der Waals surface area contributed by atoms with Crippen molar-refractivity contribution >= 4 is 0 Å². The first-order valence-corrected chi connectivity index (χ1v) is 5.35. The fourth-order valence-corrected chi connectivity index (χ4v) is 2.11. The van der Waals surface area contributed by atoms with Crippen LogP contribution in [0.3, 0.4) is 0 Å². The predicted octanol–water partition coefficient (Wildman–Crippen LogP) is 2.78. The third kappa shape index (κ3) is 1.39. The Balaban J connectivity index is 2.28. The van der Waals surface area contributed by atoms with E-state index in [4.69, 9.17) is 4.74 Å². The van der Waals surface area contributed by atoms with Gasteiger partial charge in [0.2, 0.25) is 0 Å². The Morgan fingerprint density at radius 2 is 1.62 bits per heavy atom. The molecule has 0 radical (unpaired) electrons. The molecule has 2 aromatic carbocycles. The summed E-state index contributed by atoms with van der Waals surface area (Å²) in [5.74, 6) is 0.839. The molecule has 0 saturated carbocycles. The van der Waals surface area contributed by atoms with Gasteiger partial charge in [0.25, 0.3) is 0 Å². The molecule has 1 aliphatic heterocycles. The van der Waals surface area contributed by atoms with E-state index in [1.165, 1.54) is 0 Å². The van der Waals surface area contributed by atoms with Crippen molar-refractivity contribution < 1.29 is 9.84 Å². The Labute approximate surface area is 94.1 Å². The van der Waals surface area contributed by atoms with Crippen LogP contribution in [0.1, 0.15) is 11.7 Å². The van der Waals surface area contributed by atoms with E-state index in [0.29, 0.717) is 6.61 Å². The lowest BCUT2D eigenvalue weighted by molar-refractivity contribution is 0.111. The molecule has 0 fully saturated rings. The average Bonchev–Trinajstić information content (AvgIpc) is 2.49. The number of fused-ring (bicyclic) bond motifs is 3. The molecule has 2 nitrogen and oxygen atoms in total. The van der Waals surface area contributed by atoms with E-state index < -0.39 is 6.10 Å². The average molecular weight is 212 g/mol. The summed E-state index contributed by atoms with van der Waals surface area (Å²) in [5, 5.41) is 9.99. The maximum atomic E-state index is 9.99. The van der Waals surface area contributed by atoms with Crippen molar-refractivity contribution in [1.29, 1.82) is 0 Å². The van der Waals surface area contributed by atoms with E-state index in [1.54, 1.807) is 0 Å². The highest BCUT2D eigenvalue weighted by molar-refractivity contribution is 5.74. The normalized spacial score (nSPS) is 17.9. The van der Waals surface area contributed by atoms with E-state index in [9.17, 15) is 5.11 Å². The number of rotatable bonds is 0. The summed E-state index contributed by atoms with van der Waals surface area (Å²) in [5.41, 5.74) is 3.05. The second-order valence-electron chi connectivity index (χ2n) is 3.91. The number of hydrogen-bond donors (Lipinski definition) is 1. The van der Waals surface area contributed by atoms with Gasteiger partial charge in [-0.15, -0.1) is 0 Å². The van der Waals surface area contributed by atoms with Gasteiger partial charge in [-0.1, -0.05) is 42.5 Å². The summed E-state index contributed by atoms with van der Waals surface area (Å²) in [6.45, 7) is 0.314. The van der Waals surface area contributed by atoms with Gasteiger partial charge in [-0.2, -0.15) is 0 Å². The predicted molar refractivity (Wildman–Crippen MR) is 62.3 cm³/mol. The maximum Gasteiger partial charge on any atom is 0.127 e. The van der Waals surface area contributed by atoms with E-state index in [-0.39, 0.29) is 0 Å². The molecule has 2 heteroatoms. The Morgan fingerprint density at radius 1 is 0.938 bits per heavy atom. The minimum atomic E-state index is -0.552. The number of aliphatic hydroxyl groups excluding tert-OH is 1. The van der Waals surface area contributed by atoms with Crippen LogP contribution >= 0.6 is 0 Å². The first-order valence-electron chi connectivity index (χ1n) is 5.35. The third-order valence-electron chi connectivity index (χ3n) is 2.89. The van der Waals surface area contributed by atoms with Gasteiger partial charge < -0.3 is 9.84 Å². The van der Waals surface area contributed by atoms with Gasteiger partial charge >= 0.3 is 0 Å². The molecule has 0 aliphatic carbocycles. The highest BCUT2D eigenvalue weighted by Crippen LogP contribution is 2.37. The fraction of sp³-hybridized carbons (Fsp3) is 0.143. The minimum absolute atomic E-state index is 0.314. The zero-order chi connectivity index (χ0) is 11.0. The molecule has 0 aromatic heterocycles. The van der Waals surface area contributed by atoms with E-state index >= 15 is 0 Å². The van der Waals surface area contributed by atoms with Gasteiger partial charge in [-0.25, -0.2) is 0 Å². The molecule has 3 rings (SSSR count). The van der Waals surface area contributed by atoms with Gasteiger partial charge in [0.15, 0.2) is 0 Å². The Kier molecular flexibility index (Phi) is 2.15. The van der Waals surface area contributed by atoms with Crippen LogP contribution in [-0.2, 0) is 0 Å². The highest BCUT2D eigenvalue weighted by atomic mass is 16.5. The van der Waals surface area contributed by atoms with Crippen LogP contribution in [0, 0.1) is 0 Å². The molecule has 1 aliphatic rings. The molecule has 80 valence electrons. The van der Waals surface area contributed by atoms with Gasteiger partial charge in [0.05, 0.1) is 0 Å². The molecule has 0 saturated heterocycles. The summed E-state index contributed by atoms with van der Waals surface area (Å²) < 4.78 is 5.59. The second-order valence-corrected chi connectivity index (χ2v) is 3.91. The molecule has 0 amide bonds. The zero-order valence-corrected chi connectivity index (χ0v) is 8.76. The topological polar surface area (TPSA) is 29.5 Å². The second kappa shape index (κ2) is 3.65. The summed E-state index contributed by atoms with van der Waals surface area (Å²) in [6, 6.07) is 15.8. The summed E-state index contributed by atoms with van der Waals surface area (Å²) >= 11 is 0. The van der Waals surface area contributed by atoms with Crippen molar-refractivity contribution in [2.24, 2.45) is 0 Å². The summed E-state index contributed by atoms with van der Waals surface area (Å²) in [6.07, 6.45) is -0.552. The van der Waals surface area contributed by atoms with Crippen molar-refractivity contribution in [3.8, 4) is 16.9 Å². The largest absolute Gasteiger partial charge is 0.490 e. The lowest BCUT2D eigenvalue weighted by Gasteiger charge is -2.09. The molecule has 16 heavy (non-hydrogen) atoms. The quantitative estimate of drug-likeness (QED) is 0.727. The lowest BCUT2D eigenvalue weighted by atomic mass is 9.97. The minimum Gasteiger partial charge on any atom is -0.490 e. The SMILES string of the molecule is OC1COc2ccccc2-c2ccccc21. The van der Waals surface area contributed by atoms with E-state index in [1.807, 2.05) is 48.5 Å². The van der Waals surface area contributed by atoms with Gasteiger partial charge in [-0.05, 0) is 17.2 Å². The first-order chi connectivity index (χ1) is 7.86. The zero-order valence-electron chi connectivity index (χ0n) is 8.76. The van der Waals surface area contributed by atoms with E-state index in [0.717, 1.165) is 22.4 Å². The monoisotopic (exact) mass is 212 g/mol. The molecule has 0 bridgehead atoms. The molecule has 1 unspecified atom stereocenters. The Morgan fingerprint density at radius 3 is 2.50 bits per heavy atom.